The van der Waals surface area contributed by atoms with Gasteiger partial charge in [0.1, 0.15) is 17.2 Å². The summed E-state index contributed by atoms with van der Waals surface area (Å²) in [5, 5.41) is 0. The minimum atomic E-state index is -0.487. The van der Waals surface area contributed by atoms with Gasteiger partial charge in [-0.15, -0.1) is 0 Å². The van der Waals surface area contributed by atoms with E-state index in [9.17, 15) is 4.79 Å². The Morgan fingerprint density at radius 1 is 1.06 bits per heavy atom. The Morgan fingerprint density at radius 3 is 2.41 bits per heavy atom. The van der Waals surface area contributed by atoms with Crippen molar-refractivity contribution in [2.45, 2.75) is 0 Å². The number of benzene rings is 1. The quantitative estimate of drug-likeness (QED) is 0.598. The first-order chi connectivity index (χ1) is 8.29. The Bertz CT molecular complexity index is 494. The first-order valence-corrected chi connectivity index (χ1v) is 5.07. The van der Waals surface area contributed by atoms with Crippen LogP contribution in [0.25, 0.3) is 0 Å². The van der Waals surface area contributed by atoms with Gasteiger partial charge in [0, 0.05) is 0 Å². The third-order valence-electron chi connectivity index (χ3n) is 2.13. The molecule has 0 atom stereocenters. The van der Waals surface area contributed by atoms with Gasteiger partial charge < -0.3 is 9.47 Å². The number of hydrogen-bond acceptors (Lipinski definition) is 4. The van der Waals surface area contributed by atoms with Crippen LogP contribution < -0.4 is 9.47 Å². The average Bonchev–Trinajstić information content (AvgIpc) is 2.40. The molecule has 0 spiro atoms. The lowest BCUT2D eigenvalue weighted by Gasteiger charge is -2.03. The first-order valence-electron chi connectivity index (χ1n) is 5.07. The number of carbonyl (C=O) groups is 1. The first kappa shape index (κ1) is 11.1. The summed E-state index contributed by atoms with van der Waals surface area (Å²) in [7, 11) is 1.54. The van der Waals surface area contributed by atoms with E-state index in [4.69, 9.17) is 9.47 Å². The van der Waals surface area contributed by atoms with Crippen LogP contribution in [-0.2, 0) is 0 Å². The highest BCUT2D eigenvalue weighted by molar-refractivity contribution is 5.89. The van der Waals surface area contributed by atoms with E-state index in [1.807, 2.05) is 6.07 Å². The number of carbonyl (C=O) groups excluding carboxylic acids is 1. The zero-order valence-electron chi connectivity index (χ0n) is 9.29. The number of para-hydroxylation sites is 1. The van der Waals surface area contributed by atoms with Crippen molar-refractivity contribution in [1.82, 2.24) is 4.98 Å². The molecule has 1 aromatic heterocycles. The highest BCUT2D eigenvalue weighted by Crippen LogP contribution is 2.12. The summed E-state index contributed by atoms with van der Waals surface area (Å²) in [4.78, 5) is 15.6. The molecule has 0 saturated carbocycles. The summed E-state index contributed by atoms with van der Waals surface area (Å²) in [5.74, 6) is 0.607. The molecule has 0 aliphatic rings. The summed E-state index contributed by atoms with van der Waals surface area (Å²) in [6, 6.07) is 12.1. The van der Waals surface area contributed by atoms with Crippen LogP contribution in [0.5, 0.6) is 11.5 Å². The van der Waals surface area contributed by atoms with Crippen LogP contribution >= 0.6 is 0 Å². The molecule has 0 N–H and O–H groups in total. The molecule has 86 valence electrons. The van der Waals surface area contributed by atoms with Crippen LogP contribution in [0, 0.1) is 0 Å². The molecule has 0 bridgehead atoms. The van der Waals surface area contributed by atoms with E-state index in [1.54, 1.807) is 43.5 Å². The monoisotopic (exact) mass is 229 g/mol. The van der Waals surface area contributed by atoms with E-state index in [-0.39, 0.29) is 5.69 Å². The van der Waals surface area contributed by atoms with Crippen molar-refractivity contribution in [3.8, 4) is 11.5 Å². The van der Waals surface area contributed by atoms with Crippen LogP contribution in [0.15, 0.2) is 48.7 Å². The number of hydrogen-bond donors (Lipinski definition) is 0. The van der Waals surface area contributed by atoms with Crippen molar-refractivity contribution in [1.29, 1.82) is 0 Å². The zero-order valence-corrected chi connectivity index (χ0v) is 9.29. The lowest BCUT2D eigenvalue weighted by molar-refractivity contribution is 0.0728. The minimum absolute atomic E-state index is 0.245. The second-order valence-electron chi connectivity index (χ2n) is 3.29. The number of pyridine rings is 1. The predicted molar refractivity (Wildman–Crippen MR) is 62.2 cm³/mol. The smallest absolute Gasteiger partial charge is 0.362 e. The van der Waals surface area contributed by atoms with Gasteiger partial charge in [-0.3, -0.25) is 0 Å². The molecule has 0 aliphatic carbocycles. The van der Waals surface area contributed by atoms with Crippen molar-refractivity contribution in [2.24, 2.45) is 0 Å². The standard InChI is InChI=1S/C13H11NO3/c1-16-11-7-8-12(14-9-11)13(15)17-10-5-3-2-4-6-10/h2-9H,1H3. The summed E-state index contributed by atoms with van der Waals surface area (Å²) in [5.41, 5.74) is 0.245. The Kier molecular flexibility index (Phi) is 3.35. The van der Waals surface area contributed by atoms with E-state index < -0.39 is 5.97 Å². The fraction of sp³-hybridized carbons (Fsp3) is 0.0769. The zero-order chi connectivity index (χ0) is 12.1. The number of ether oxygens (including phenoxy) is 2. The Morgan fingerprint density at radius 2 is 1.82 bits per heavy atom. The minimum Gasteiger partial charge on any atom is -0.495 e. The van der Waals surface area contributed by atoms with Gasteiger partial charge in [0.15, 0.2) is 0 Å². The van der Waals surface area contributed by atoms with Crippen molar-refractivity contribution >= 4 is 5.97 Å². The van der Waals surface area contributed by atoms with Gasteiger partial charge >= 0.3 is 5.97 Å². The Labute approximate surface area is 98.8 Å². The van der Waals surface area contributed by atoms with Crippen molar-refractivity contribution < 1.29 is 14.3 Å². The molecule has 4 nitrogen and oxygen atoms in total. The summed E-state index contributed by atoms with van der Waals surface area (Å²) in [6.45, 7) is 0. The van der Waals surface area contributed by atoms with Crippen molar-refractivity contribution in [3.63, 3.8) is 0 Å². The Hall–Kier alpha value is -2.36. The summed E-state index contributed by atoms with van der Waals surface area (Å²) < 4.78 is 10.1. The van der Waals surface area contributed by atoms with Gasteiger partial charge in [0.25, 0.3) is 0 Å². The highest BCUT2D eigenvalue weighted by Gasteiger charge is 2.09. The van der Waals surface area contributed by atoms with E-state index in [2.05, 4.69) is 4.98 Å². The molecule has 0 saturated heterocycles. The van der Waals surface area contributed by atoms with E-state index in [1.165, 1.54) is 6.20 Å². The SMILES string of the molecule is COc1ccc(C(=O)Oc2ccccc2)nc1. The summed E-state index contributed by atoms with van der Waals surface area (Å²) >= 11 is 0. The number of methoxy groups -OCH3 is 1. The fourth-order valence-electron chi connectivity index (χ4n) is 1.27. The lowest BCUT2D eigenvalue weighted by Crippen LogP contribution is -2.10. The molecule has 2 aromatic rings. The van der Waals surface area contributed by atoms with Gasteiger partial charge in [-0.1, -0.05) is 18.2 Å². The largest absolute Gasteiger partial charge is 0.495 e. The number of aromatic nitrogens is 1. The summed E-state index contributed by atoms with van der Waals surface area (Å²) in [6.07, 6.45) is 1.47. The van der Waals surface area contributed by atoms with Crippen LogP contribution in [-0.4, -0.2) is 18.1 Å². The fourth-order valence-corrected chi connectivity index (χ4v) is 1.27. The van der Waals surface area contributed by atoms with Gasteiger partial charge in [0.2, 0.25) is 0 Å². The van der Waals surface area contributed by atoms with Gasteiger partial charge in [-0.25, -0.2) is 9.78 Å². The van der Waals surface area contributed by atoms with E-state index >= 15 is 0 Å². The maximum absolute atomic E-state index is 11.7. The van der Waals surface area contributed by atoms with Crippen LogP contribution in [0.1, 0.15) is 10.5 Å². The molecule has 0 unspecified atom stereocenters. The second-order valence-corrected chi connectivity index (χ2v) is 3.29. The van der Waals surface area contributed by atoms with Crippen LogP contribution in [0.2, 0.25) is 0 Å². The maximum Gasteiger partial charge on any atom is 0.362 e. The third-order valence-corrected chi connectivity index (χ3v) is 2.13. The number of esters is 1. The molecule has 1 aromatic carbocycles. The molecule has 2 rings (SSSR count). The number of rotatable bonds is 3. The highest BCUT2D eigenvalue weighted by atomic mass is 16.5. The van der Waals surface area contributed by atoms with Crippen LogP contribution in [0.4, 0.5) is 0 Å². The van der Waals surface area contributed by atoms with E-state index in [0.717, 1.165) is 0 Å². The molecule has 17 heavy (non-hydrogen) atoms. The molecular formula is C13H11NO3. The van der Waals surface area contributed by atoms with Gasteiger partial charge in [0.05, 0.1) is 13.3 Å². The second kappa shape index (κ2) is 5.12. The maximum atomic E-state index is 11.7. The predicted octanol–water partition coefficient (Wildman–Crippen LogP) is 2.31. The topological polar surface area (TPSA) is 48.4 Å². The molecule has 1 heterocycles. The van der Waals surface area contributed by atoms with Crippen molar-refractivity contribution in [3.05, 3.63) is 54.4 Å². The molecule has 0 fully saturated rings. The van der Waals surface area contributed by atoms with E-state index in [0.29, 0.717) is 11.5 Å². The van der Waals surface area contributed by atoms with Crippen LogP contribution in [0.3, 0.4) is 0 Å². The molecule has 0 radical (unpaired) electrons. The van der Waals surface area contributed by atoms with Gasteiger partial charge in [-0.05, 0) is 24.3 Å². The van der Waals surface area contributed by atoms with Gasteiger partial charge in [-0.2, -0.15) is 0 Å². The third kappa shape index (κ3) is 2.81. The number of nitrogens with zero attached hydrogens (tertiary/aromatic N) is 1. The normalized spacial score (nSPS) is 9.71. The molecule has 0 aliphatic heterocycles. The molecule has 4 heteroatoms. The Balaban J connectivity index is 2.09. The van der Waals surface area contributed by atoms with Crippen molar-refractivity contribution in [2.75, 3.05) is 7.11 Å². The average molecular weight is 229 g/mol. The lowest BCUT2D eigenvalue weighted by atomic mass is 10.3. The molecule has 0 amide bonds. The molecular weight excluding hydrogens is 218 g/mol.